The number of likely N-dealkylation sites (N-methyl/N-ethyl adjacent to an activating group) is 1. The Morgan fingerprint density at radius 1 is 1.24 bits per heavy atom. The second-order valence-electron chi connectivity index (χ2n) is 7.40. The third-order valence-corrected chi connectivity index (χ3v) is 5.67. The summed E-state index contributed by atoms with van der Waals surface area (Å²) in [4.78, 5) is 33.3. The number of piperidine rings is 1. The van der Waals surface area contributed by atoms with Crippen LogP contribution in [-0.2, 0) is 16.0 Å². The molecule has 1 aromatic heterocycles. The van der Waals surface area contributed by atoms with E-state index in [0.717, 1.165) is 38.6 Å². The minimum Gasteiger partial charge on any atom is -0.345 e. The number of aromatic nitrogens is 1. The van der Waals surface area contributed by atoms with Gasteiger partial charge in [0.05, 0.1) is 11.8 Å². The first-order valence-electron chi connectivity index (χ1n) is 9.56. The lowest BCUT2D eigenvalue weighted by molar-refractivity contribution is -0.139. The summed E-state index contributed by atoms with van der Waals surface area (Å²) in [7, 11) is 1.85. The quantitative estimate of drug-likeness (QED) is 0.797. The highest BCUT2D eigenvalue weighted by atomic mass is 16.2. The van der Waals surface area contributed by atoms with Crippen molar-refractivity contribution in [2.24, 2.45) is 11.8 Å². The van der Waals surface area contributed by atoms with Crippen LogP contribution in [0.5, 0.6) is 0 Å². The molecule has 0 spiro atoms. The molecule has 0 radical (unpaired) electrons. The highest BCUT2D eigenvalue weighted by Crippen LogP contribution is 2.42. The van der Waals surface area contributed by atoms with Crippen LogP contribution in [0, 0.1) is 11.8 Å². The number of rotatable bonds is 6. The predicted octanol–water partition coefficient (Wildman–Crippen LogP) is 2.51. The number of likely N-dealkylation sites (tertiary alicyclic amines) is 1. The van der Waals surface area contributed by atoms with E-state index in [4.69, 9.17) is 0 Å². The molecule has 25 heavy (non-hydrogen) atoms. The van der Waals surface area contributed by atoms with Crippen molar-refractivity contribution < 1.29 is 9.59 Å². The van der Waals surface area contributed by atoms with Crippen LogP contribution in [0.4, 0.5) is 0 Å². The van der Waals surface area contributed by atoms with Crippen LogP contribution in [-0.4, -0.2) is 52.8 Å². The number of nitrogens with zero attached hydrogens (tertiary/aromatic N) is 3. The van der Waals surface area contributed by atoms with E-state index in [0.29, 0.717) is 12.6 Å². The molecule has 2 heterocycles. The van der Waals surface area contributed by atoms with Crippen molar-refractivity contribution in [3.05, 3.63) is 30.1 Å². The smallest absolute Gasteiger partial charge is 0.226 e. The summed E-state index contributed by atoms with van der Waals surface area (Å²) in [5, 5.41) is 0. The summed E-state index contributed by atoms with van der Waals surface area (Å²) < 4.78 is 0. The molecule has 1 aliphatic carbocycles. The first kappa shape index (κ1) is 17.9. The Bertz CT molecular complexity index is 604. The van der Waals surface area contributed by atoms with Crippen molar-refractivity contribution >= 4 is 11.8 Å². The van der Waals surface area contributed by atoms with Crippen LogP contribution in [0.25, 0.3) is 0 Å². The van der Waals surface area contributed by atoms with Crippen molar-refractivity contribution in [3.8, 4) is 0 Å². The molecular weight excluding hydrogens is 314 g/mol. The normalized spacial score (nSPS) is 25.5. The van der Waals surface area contributed by atoms with E-state index in [9.17, 15) is 9.59 Å². The van der Waals surface area contributed by atoms with Gasteiger partial charge in [0.2, 0.25) is 11.8 Å². The van der Waals surface area contributed by atoms with Gasteiger partial charge in [-0.15, -0.1) is 0 Å². The summed E-state index contributed by atoms with van der Waals surface area (Å²) in [6, 6.07) is 4.33. The third-order valence-electron chi connectivity index (χ3n) is 5.67. The van der Waals surface area contributed by atoms with E-state index in [2.05, 4.69) is 16.8 Å². The van der Waals surface area contributed by atoms with E-state index in [1.54, 1.807) is 17.3 Å². The van der Waals surface area contributed by atoms with Crippen molar-refractivity contribution in [3.63, 3.8) is 0 Å². The van der Waals surface area contributed by atoms with Crippen molar-refractivity contribution in [1.29, 1.82) is 0 Å². The minimum atomic E-state index is -0.102. The fourth-order valence-electron chi connectivity index (χ4n) is 3.91. The average molecular weight is 343 g/mol. The molecule has 2 amide bonds. The molecule has 0 bridgehead atoms. The molecule has 3 unspecified atom stereocenters. The van der Waals surface area contributed by atoms with Gasteiger partial charge in [0.15, 0.2) is 0 Å². The number of carbonyl (C=O) groups is 2. The molecule has 3 rings (SSSR count). The van der Waals surface area contributed by atoms with Crippen molar-refractivity contribution in [2.45, 2.75) is 51.5 Å². The van der Waals surface area contributed by atoms with E-state index in [-0.39, 0.29) is 23.7 Å². The molecule has 2 aliphatic rings. The standard InChI is InChI=1S/C20H29N3O2/c1-3-16-6-4-5-12-23(16)20(25)18-14-17(18)19(24)22(2)13-9-15-7-10-21-11-8-15/h7-8,10-11,16-18H,3-6,9,12-14H2,1-2H3. The number of carbonyl (C=O) groups excluding carboxylic acids is 2. The third kappa shape index (κ3) is 4.20. The SMILES string of the molecule is CCC1CCCCN1C(=O)C1CC1C(=O)N(C)CCc1ccncc1. The lowest BCUT2D eigenvalue weighted by Gasteiger charge is -2.35. The highest BCUT2D eigenvalue weighted by Gasteiger charge is 2.51. The van der Waals surface area contributed by atoms with Gasteiger partial charge < -0.3 is 9.80 Å². The topological polar surface area (TPSA) is 53.5 Å². The Balaban J connectivity index is 1.50. The second-order valence-corrected chi connectivity index (χ2v) is 7.40. The second kappa shape index (κ2) is 7.98. The number of hydrogen-bond acceptors (Lipinski definition) is 3. The average Bonchev–Trinajstić information content (AvgIpc) is 3.46. The van der Waals surface area contributed by atoms with Gasteiger partial charge in [0.1, 0.15) is 0 Å². The van der Waals surface area contributed by atoms with Gasteiger partial charge in [0, 0.05) is 38.6 Å². The molecule has 1 saturated heterocycles. The molecule has 5 heteroatoms. The molecule has 136 valence electrons. The van der Waals surface area contributed by atoms with Gasteiger partial charge in [-0.2, -0.15) is 0 Å². The zero-order valence-corrected chi connectivity index (χ0v) is 15.4. The molecule has 5 nitrogen and oxygen atoms in total. The molecule has 1 saturated carbocycles. The molecule has 3 atom stereocenters. The van der Waals surface area contributed by atoms with Crippen LogP contribution >= 0.6 is 0 Å². The minimum absolute atomic E-state index is 0.0805. The lowest BCUT2D eigenvalue weighted by atomic mass is 9.99. The maximum absolute atomic E-state index is 12.8. The molecule has 1 aliphatic heterocycles. The summed E-state index contributed by atoms with van der Waals surface area (Å²) in [6.45, 7) is 3.70. The largest absolute Gasteiger partial charge is 0.345 e. The fourth-order valence-corrected chi connectivity index (χ4v) is 3.91. The highest BCUT2D eigenvalue weighted by molar-refractivity contribution is 5.92. The van der Waals surface area contributed by atoms with Gasteiger partial charge >= 0.3 is 0 Å². The molecule has 1 aromatic rings. The Morgan fingerprint density at radius 3 is 2.72 bits per heavy atom. The number of amides is 2. The zero-order chi connectivity index (χ0) is 17.8. The number of hydrogen-bond donors (Lipinski definition) is 0. The number of pyridine rings is 1. The van der Waals surface area contributed by atoms with Gasteiger partial charge in [-0.1, -0.05) is 6.92 Å². The van der Waals surface area contributed by atoms with Crippen molar-refractivity contribution in [1.82, 2.24) is 14.8 Å². The van der Waals surface area contributed by atoms with Crippen LogP contribution < -0.4 is 0 Å². The first-order chi connectivity index (χ1) is 12.1. The van der Waals surface area contributed by atoms with Gasteiger partial charge in [-0.25, -0.2) is 0 Å². The maximum atomic E-state index is 12.8. The Labute approximate surface area is 150 Å². The predicted molar refractivity (Wildman–Crippen MR) is 96.8 cm³/mol. The molecule has 2 fully saturated rings. The van der Waals surface area contributed by atoms with E-state index < -0.39 is 0 Å². The first-order valence-corrected chi connectivity index (χ1v) is 9.56. The summed E-state index contributed by atoms with van der Waals surface area (Å²) in [5.74, 6) is 0.155. The maximum Gasteiger partial charge on any atom is 0.226 e. The fraction of sp³-hybridized carbons (Fsp3) is 0.650. The summed E-state index contributed by atoms with van der Waals surface area (Å²) in [6.07, 6.45) is 9.53. The zero-order valence-electron chi connectivity index (χ0n) is 15.4. The van der Waals surface area contributed by atoms with E-state index in [1.807, 2.05) is 19.2 Å². The van der Waals surface area contributed by atoms with Gasteiger partial charge in [-0.3, -0.25) is 14.6 Å². The Morgan fingerprint density at radius 2 is 2.00 bits per heavy atom. The van der Waals surface area contributed by atoms with E-state index >= 15 is 0 Å². The molecular formula is C20H29N3O2. The Kier molecular flexibility index (Phi) is 5.71. The van der Waals surface area contributed by atoms with Crippen LogP contribution in [0.1, 0.15) is 44.6 Å². The lowest BCUT2D eigenvalue weighted by Crippen LogP contribution is -2.44. The van der Waals surface area contributed by atoms with Crippen LogP contribution in [0.2, 0.25) is 0 Å². The monoisotopic (exact) mass is 343 g/mol. The summed E-state index contributed by atoms with van der Waals surface area (Å²) in [5.41, 5.74) is 1.18. The van der Waals surface area contributed by atoms with Gasteiger partial charge in [0.25, 0.3) is 0 Å². The van der Waals surface area contributed by atoms with Crippen LogP contribution in [0.3, 0.4) is 0 Å². The molecule has 0 N–H and O–H groups in total. The summed E-state index contributed by atoms with van der Waals surface area (Å²) >= 11 is 0. The van der Waals surface area contributed by atoms with Gasteiger partial charge in [-0.05, 0) is 56.2 Å². The van der Waals surface area contributed by atoms with Crippen molar-refractivity contribution in [2.75, 3.05) is 20.1 Å². The van der Waals surface area contributed by atoms with Crippen LogP contribution in [0.15, 0.2) is 24.5 Å². The Hall–Kier alpha value is -1.91. The van der Waals surface area contributed by atoms with E-state index in [1.165, 1.54) is 12.0 Å². The molecule has 0 aromatic carbocycles.